The molecule has 1 amide bonds. The molecule has 0 aliphatic heterocycles. The molecule has 0 aliphatic carbocycles. The number of aromatic hydroxyl groups is 1. The minimum atomic E-state index is -0.657. The average Bonchev–Trinajstić information content (AvgIpc) is 2.24. The van der Waals surface area contributed by atoms with Crippen LogP contribution >= 0.6 is 0 Å². The summed E-state index contributed by atoms with van der Waals surface area (Å²) in [5.41, 5.74) is 0.495. The number of aliphatic hydroxyl groups is 1. The molecular weight excluding hydrogens is 210 g/mol. The van der Waals surface area contributed by atoms with E-state index in [1.807, 2.05) is 0 Å². The Morgan fingerprint density at radius 2 is 2.25 bits per heavy atom. The second kappa shape index (κ2) is 5.37. The van der Waals surface area contributed by atoms with Gasteiger partial charge in [-0.1, -0.05) is 6.07 Å². The third-order valence-corrected chi connectivity index (χ3v) is 2.10. The Labute approximate surface area is 93.7 Å². The van der Waals surface area contributed by atoms with E-state index >= 15 is 0 Å². The number of hydrogen-bond donors (Lipinski definition) is 3. The number of carbonyl (C=O) groups is 1. The number of phenolic OH excluding ortho intramolecular Hbond substituents is 1. The van der Waals surface area contributed by atoms with Crippen LogP contribution in [0.3, 0.4) is 0 Å². The van der Waals surface area contributed by atoms with Gasteiger partial charge in [0.2, 0.25) is 0 Å². The second-order valence-corrected chi connectivity index (χ2v) is 3.52. The van der Waals surface area contributed by atoms with E-state index < -0.39 is 6.09 Å². The van der Waals surface area contributed by atoms with Crippen LogP contribution in [0.1, 0.15) is 12.5 Å². The molecule has 88 valence electrons. The molecule has 1 atom stereocenters. The zero-order valence-corrected chi connectivity index (χ0v) is 9.23. The number of ether oxygens (including phenoxy) is 1. The minimum absolute atomic E-state index is 0.0699. The average molecular weight is 225 g/mol. The number of carbonyl (C=O) groups excluding carboxylic acids is 1. The van der Waals surface area contributed by atoms with Crippen molar-refractivity contribution >= 4 is 6.09 Å². The number of benzene rings is 1. The number of hydrogen-bond acceptors (Lipinski definition) is 4. The van der Waals surface area contributed by atoms with E-state index in [9.17, 15) is 9.90 Å². The van der Waals surface area contributed by atoms with Crippen LogP contribution in [0, 0.1) is 6.92 Å². The third kappa shape index (κ3) is 3.13. The van der Waals surface area contributed by atoms with Crippen molar-refractivity contribution in [2.45, 2.75) is 19.9 Å². The van der Waals surface area contributed by atoms with Crippen molar-refractivity contribution in [3.8, 4) is 11.5 Å². The summed E-state index contributed by atoms with van der Waals surface area (Å²) in [5.74, 6) is 0.364. The molecule has 0 heterocycles. The Bertz CT molecular complexity index is 378. The van der Waals surface area contributed by atoms with E-state index in [1.165, 1.54) is 6.07 Å². The van der Waals surface area contributed by atoms with Crippen molar-refractivity contribution in [2.24, 2.45) is 0 Å². The SMILES string of the molecule is Cc1c(O)cccc1OC(=O)NC(C)CO. The van der Waals surface area contributed by atoms with Crippen LogP contribution in [0.25, 0.3) is 0 Å². The monoisotopic (exact) mass is 225 g/mol. The Kier molecular flexibility index (Phi) is 4.13. The molecule has 0 aliphatic rings. The number of phenols is 1. The lowest BCUT2D eigenvalue weighted by Crippen LogP contribution is -2.37. The minimum Gasteiger partial charge on any atom is -0.508 e. The summed E-state index contributed by atoms with van der Waals surface area (Å²) in [4.78, 5) is 11.3. The van der Waals surface area contributed by atoms with Crippen molar-refractivity contribution in [3.63, 3.8) is 0 Å². The molecule has 0 aromatic heterocycles. The largest absolute Gasteiger partial charge is 0.508 e. The lowest BCUT2D eigenvalue weighted by Gasteiger charge is -2.12. The molecule has 0 saturated carbocycles. The number of rotatable bonds is 3. The third-order valence-electron chi connectivity index (χ3n) is 2.10. The van der Waals surface area contributed by atoms with Crippen molar-refractivity contribution < 1.29 is 19.7 Å². The van der Waals surface area contributed by atoms with Gasteiger partial charge < -0.3 is 20.3 Å². The molecule has 0 fully saturated rings. The van der Waals surface area contributed by atoms with E-state index in [2.05, 4.69) is 5.32 Å². The Hall–Kier alpha value is -1.75. The topological polar surface area (TPSA) is 78.8 Å². The van der Waals surface area contributed by atoms with Crippen LogP contribution < -0.4 is 10.1 Å². The summed E-state index contributed by atoms with van der Waals surface area (Å²) >= 11 is 0. The first-order valence-corrected chi connectivity index (χ1v) is 4.92. The second-order valence-electron chi connectivity index (χ2n) is 3.52. The highest BCUT2D eigenvalue weighted by atomic mass is 16.6. The van der Waals surface area contributed by atoms with E-state index in [-0.39, 0.29) is 18.4 Å². The predicted molar refractivity (Wildman–Crippen MR) is 58.6 cm³/mol. The summed E-state index contributed by atoms with van der Waals surface area (Å²) in [5, 5.41) is 20.6. The highest BCUT2D eigenvalue weighted by molar-refractivity contribution is 5.71. The molecule has 0 bridgehead atoms. The van der Waals surface area contributed by atoms with E-state index in [0.717, 1.165) is 0 Å². The van der Waals surface area contributed by atoms with Crippen LogP contribution in [0.15, 0.2) is 18.2 Å². The maximum absolute atomic E-state index is 11.3. The quantitative estimate of drug-likeness (QED) is 0.721. The molecule has 16 heavy (non-hydrogen) atoms. The van der Waals surface area contributed by atoms with Crippen molar-refractivity contribution in [1.82, 2.24) is 5.32 Å². The van der Waals surface area contributed by atoms with Crippen LogP contribution in [0.4, 0.5) is 4.79 Å². The molecule has 1 rings (SSSR count). The van der Waals surface area contributed by atoms with Gasteiger partial charge in [-0.05, 0) is 26.0 Å². The van der Waals surface area contributed by atoms with Crippen LogP contribution in [-0.4, -0.2) is 29.0 Å². The maximum atomic E-state index is 11.3. The van der Waals surface area contributed by atoms with Crippen molar-refractivity contribution in [2.75, 3.05) is 6.61 Å². The molecule has 5 nitrogen and oxygen atoms in total. The van der Waals surface area contributed by atoms with Gasteiger partial charge in [0.1, 0.15) is 11.5 Å². The molecule has 0 radical (unpaired) electrons. The van der Waals surface area contributed by atoms with Gasteiger partial charge in [0, 0.05) is 5.56 Å². The highest BCUT2D eigenvalue weighted by Gasteiger charge is 2.11. The fourth-order valence-corrected chi connectivity index (χ4v) is 1.09. The van der Waals surface area contributed by atoms with Gasteiger partial charge in [0.25, 0.3) is 0 Å². The van der Waals surface area contributed by atoms with Gasteiger partial charge in [-0.15, -0.1) is 0 Å². The van der Waals surface area contributed by atoms with Crippen molar-refractivity contribution in [3.05, 3.63) is 23.8 Å². The van der Waals surface area contributed by atoms with Crippen LogP contribution in [-0.2, 0) is 0 Å². The summed E-state index contributed by atoms with van der Waals surface area (Å²) in [6, 6.07) is 4.31. The normalized spacial score (nSPS) is 11.9. The van der Waals surface area contributed by atoms with Gasteiger partial charge in [-0.25, -0.2) is 4.79 Å². The predicted octanol–water partition coefficient (Wildman–Crippen LogP) is 1.17. The smallest absolute Gasteiger partial charge is 0.412 e. The van der Waals surface area contributed by atoms with Gasteiger partial charge >= 0.3 is 6.09 Å². The maximum Gasteiger partial charge on any atom is 0.412 e. The van der Waals surface area contributed by atoms with Gasteiger partial charge in [0.05, 0.1) is 12.6 Å². The Morgan fingerprint density at radius 3 is 2.88 bits per heavy atom. The summed E-state index contributed by atoms with van der Waals surface area (Å²) < 4.78 is 4.98. The van der Waals surface area contributed by atoms with Gasteiger partial charge in [0.15, 0.2) is 0 Å². The molecule has 1 aromatic rings. The number of nitrogens with one attached hydrogen (secondary N) is 1. The van der Waals surface area contributed by atoms with E-state index in [0.29, 0.717) is 11.3 Å². The Morgan fingerprint density at radius 1 is 1.56 bits per heavy atom. The fraction of sp³-hybridized carbons (Fsp3) is 0.364. The van der Waals surface area contributed by atoms with Crippen molar-refractivity contribution in [1.29, 1.82) is 0 Å². The van der Waals surface area contributed by atoms with Crippen LogP contribution in [0.5, 0.6) is 11.5 Å². The highest BCUT2D eigenvalue weighted by Crippen LogP contribution is 2.25. The lowest BCUT2D eigenvalue weighted by molar-refractivity contribution is 0.185. The summed E-state index contributed by atoms with van der Waals surface area (Å²) in [7, 11) is 0. The van der Waals surface area contributed by atoms with E-state index in [1.54, 1.807) is 26.0 Å². The van der Waals surface area contributed by atoms with E-state index in [4.69, 9.17) is 9.84 Å². The first-order chi connectivity index (χ1) is 7.54. The first kappa shape index (κ1) is 12.3. The fourth-order valence-electron chi connectivity index (χ4n) is 1.09. The molecular formula is C11H15NO4. The Balaban J connectivity index is 2.66. The summed E-state index contributed by atoms with van der Waals surface area (Å²) in [6.07, 6.45) is -0.657. The number of aliphatic hydroxyl groups excluding tert-OH is 1. The standard InChI is InChI=1S/C11H15NO4/c1-7(6-13)12-11(15)16-10-5-3-4-9(14)8(10)2/h3-5,7,13-14H,6H2,1-2H3,(H,12,15). The molecule has 1 unspecified atom stereocenters. The molecule has 0 saturated heterocycles. The number of amides is 1. The van der Waals surface area contributed by atoms with Gasteiger partial charge in [-0.3, -0.25) is 0 Å². The summed E-state index contributed by atoms with van der Waals surface area (Å²) in [6.45, 7) is 3.14. The lowest BCUT2D eigenvalue weighted by atomic mass is 10.2. The zero-order chi connectivity index (χ0) is 12.1. The molecule has 3 N–H and O–H groups in total. The molecule has 1 aromatic carbocycles. The van der Waals surface area contributed by atoms with Crippen LogP contribution in [0.2, 0.25) is 0 Å². The van der Waals surface area contributed by atoms with Gasteiger partial charge in [-0.2, -0.15) is 0 Å². The zero-order valence-electron chi connectivity index (χ0n) is 9.23. The first-order valence-electron chi connectivity index (χ1n) is 4.92. The molecule has 0 spiro atoms. The molecule has 5 heteroatoms.